The van der Waals surface area contributed by atoms with Crippen LogP contribution in [0, 0.1) is 6.92 Å². The van der Waals surface area contributed by atoms with Gasteiger partial charge in [0.1, 0.15) is 0 Å². The molecular weight excluding hydrogens is 230 g/mol. The number of rotatable bonds is 1. The number of aryl methyl sites for hydroxylation is 1. The highest BCUT2D eigenvalue weighted by molar-refractivity contribution is 8.13. The molecule has 0 heterocycles. The first-order valence-corrected chi connectivity index (χ1v) is 6.53. The second-order valence-corrected chi connectivity index (χ2v) is 6.51. The second kappa shape index (κ2) is 5.13. The molecule has 0 fully saturated rings. The Hall–Kier alpha value is -0.960. The van der Waals surface area contributed by atoms with E-state index in [0.29, 0.717) is 0 Å². The maximum atomic E-state index is 11.8. The molecule has 0 spiro atoms. The van der Waals surface area contributed by atoms with Crippen molar-refractivity contribution in [2.24, 2.45) is 0 Å². The molecule has 0 aliphatic rings. The lowest BCUT2D eigenvalue weighted by atomic mass is 9.86. The molecule has 0 saturated carbocycles. The first-order valence-electron chi connectivity index (χ1n) is 5.72. The van der Waals surface area contributed by atoms with Crippen molar-refractivity contribution in [3.8, 4) is 0 Å². The van der Waals surface area contributed by atoms with Gasteiger partial charge in [-0.1, -0.05) is 32.9 Å². The molecule has 0 unspecified atom stereocenters. The summed E-state index contributed by atoms with van der Waals surface area (Å²) in [7, 11) is 3.56. The van der Waals surface area contributed by atoms with Crippen LogP contribution in [0.2, 0.25) is 0 Å². The smallest absolute Gasteiger partial charge is 0.285 e. The minimum atomic E-state index is 0.0582. The molecule has 0 aliphatic heterocycles. The van der Waals surface area contributed by atoms with E-state index in [9.17, 15) is 4.79 Å². The molecule has 0 aromatic heterocycles. The molecular formula is C14H21NOS. The van der Waals surface area contributed by atoms with Crippen molar-refractivity contribution >= 4 is 17.0 Å². The molecule has 0 N–H and O–H groups in total. The van der Waals surface area contributed by atoms with Gasteiger partial charge in [0.2, 0.25) is 0 Å². The van der Waals surface area contributed by atoms with Gasteiger partial charge in [0.15, 0.2) is 0 Å². The molecule has 1 aromatic carbocycles. The minimum absolute atomic E-state index is 0.0582. The molecule has 94 valence electrons. The number of hydrogen-bond acceptors (Lipinski definition) is 2. The average Bonchev–Trinajstić information content (AvgIpc) is 2.15. The Balaban J connectivity index is 3.12. The summed E-state index contributed by atoms with van der Waals surface area (Å²) in [5, 5.41) is 0.0705. The number of nitrogens with zero attached hydrogens (tertiary/aromatic N) is 1. The molecule has 1 aromatic rings. The van der Waals surface area contributed by atoms with Gasteiger partial charge in [0.05, 0.1) is 0 Å². The maximum Gasteiger partial charge on any atom is 0.285 e. The Labute approximate surface area is 108 Å². The lowest BCUT2D eigenvalue weighted by Crippen LogP contribution is -2.18. The second-order valence-electron chi connectivity index (χ2n) is 5.51. The summed E-state index contributed by atoms with van der Waals surface area (Å²) in [6.07, 6.45) is 0. The third-order valence-corrected chi connectivity index (χ3v) is 3.60. The van der Waals surface area contributed by atoms with Crippen LogP contribution in [0.4, 0.5) is 4.79 Å². The van der Waals surface area contributed by atoms with Gasteiger partial charge in [-0.05, 0) is 41.3 Å². The Morgan fingerprint density at radius 3 is 2.29 bits per heavy atom. The summed E-state index contributed by atoms with van der Waals surface area (Å²) in [5.74, 6) is 0. The molecule has 17 heavy (non-hydrogen) atoms. The minimum Gasteiger partial charge on any atom is -0.339 e. The van der Waals surface area contributed by atoms with Crippen LogP contribution < -0.4 is 0 Å². The Morgan fingerprint density at radius 1 is 1.24 bits per heavy atom. The van der Waals surface area contributed by atoms with E-state index < -0.39 is 0 Å². The van der Waals surface area contributed by atoms with Crippen LogP contribution in [0.3, 0.4) is 0 Å². The lowest BCUT2D eigenvalue weighted by Gasteiger charge is -2.23. The van der Waals surface area contributed by atoms with Crippen LogP contribution in [0.15, 0.2) is 23.1 Å². The number of carbonyl (C=O) groups is 1. The number of carbonyl (C=O) groups excluding carboxylic acids is 1. The van der Waals surface area contributed by atoms with Gasteiger partial charge in [0, 0.05) is 19.0 Å². The fourth-order valence-electron chi connectivity index (χ4n) is 1.52. The number of hydrogen-bond donors (Lipinski definition) is 0. The lowest BCUT2D eigenvalue weighted by molar-refractivity contribution is 0.241. The van der Waals surface area contributed by atoms with E-state index >= 15 is 0 Å². The normalized spacial score (nSPS) is 11.4. The fraction of sp³-hybridized carbons (Fsp3) is 0.500. The van der Waals surface area contributed by atoms with Crippen molar-refractivity contribution in [3.63, 3.8) is 0 Å². The first kappa shape index (κ1) is 14.1. The topological polar surface area (TPSA) is 20.3 Å². The fourth-order valence-corrected chi connectivity index (χ4v) is 2.62. The molecule has 0 aliphatic carbocycles. The zero-order chi connectivity index (χ0) is 13.2. The van der Waals surface area contributed by atoms with Crippen LogP contribution in [0.1, 0.15) is 31.9 Å². The highest BCUT2D eigenvalue weighted by Crippen LogP contribution is 2.34. The number of benzene rings is 1. The van der Waals surface area contributed by atoms with Gasteiger partial charge in [-0.2, -0.15) is 0 Å². The quantitative estimate of drug-likeness (QED) is 0.701. The van der Waals surface area contributed by atoms with Crippen LogP contribution in [0.25, 0.3) is 0 Å². The van der Waals surface area contributed by atoms with Gasteiger partial charge in [-0.15, -0.1) is 0 Å². The zero-order valence-electron chi connectivity index (χ0n) is 11.5. The number of amides is 1. The van der Waals surface area contributed by atoms with Crippen LogP contribution in [-0.2, 0) is 5.41 Å². The van der Waals surface area contributed by atoms with Crippen molar-refractivity contribution in [3.05, 3.63) is 29.3 Å². The molecule has 0 radical (unpaired) electrons. The monoisotopic (exact) mass is 251 g/mol. The predicted molar refractivity (Wildman–Crippen MR) is 74.8 cm³/mol. The zero-order valence-corrected chi connectivity index (χ0v) is 12.3. The molecule has 1 rings (SSSR count). The van der Waals surface area contributed by atoms with Gasteiger partial charge in [-0.25, -0.2) is 0 Å². The molecule has 0 atom stereocenters. The van der Waals surface area contributed by atoms with Crippen molar-refractivity contribution in [1.29, 1.82) is 0 Å². The van der Waals surface area contributed by atoms with Gasteiger partial charge in [0.25, 0.3) is 5.24 Å². The van der Waals surface area contributed by atoms with Gasteiger partial charge >= 0.3 is 0 Å². The first-order chi connectivity index (χ1) is 7.71. The highest BCUT2D eigenvalue weighted by atomic mass is 32.2. The maximum absolute atomic E-state index is 11.8. The van der Waals surface area contributed by atoms with Crippen LogP contribution in [0.5, 0.6) is 0 Å². The Bertz CT molecular complexity index is 419. The third kappa shape index (κ3) is 3.77. The van der Waals surface area contributed by atoms with Gasteiger partial charge in [-0.3, -0.25) is 4.79 Å². The molecule has 0 saturated heterocycles. The predicted octanol–water partition coefficient (Wildman–Crippen LogP) is 4.07. The standard InChI is InChI=1S/C14H21NOS/c1-10-7-8-11(14(2,3)4)12(9-10)17-13(16)15(5)6/h7-9H,1-6H3. The van der Waals surface area contributed by atoms with E-state index in [4.69, 9.17) is 0 Å². The van der Waals surface area contributed by atoms with E-state index in [1.165, 1.54) is 22.9 Å². The molecule has 3 heteroatoms. The Kier molecular flexibility index (Phi) is 4.26. The largest absolute Gasteiger partial charge is 0.339 e. The SMILES string of the molecule is Cc1ccc(C(C)(C)C)c(SC(=O)N(C)C)c1. The third-order valence-electron chi connectivity index (χ3n) is 2.51. The Morgan fingerprint density at radius 2 is 1.82 bits per heavy atom. The summed E-state index contributed by atoms with van der Waals surface area (Å²) in [5.41, 5.74) is 2.47. The van der Waals surface area contributed by atoms with E-state index in [1.807, 2.05) is 0 Å². The summed E-state index contributed by atoms with van der Waals surface area (Å²) < 4.78 is 0. The molecule has 1 amide bonds. The average molecular weight is 251 g/mol. The summed E-state index contributed by atoms with van der Waals surface area (Å²) >= 11 is 1.31. The number of thioether (sulfide) groups is 1. The van der Waals surface area contributed by atoms with Crippen molar-refractivity contribution < 1.29 is 4.79 Å². The van der Waals surface area contributed by atoms with Crippen LogP contribution in [-0.4, -0.2) is 24.2 Å². The van der Waals surface area contributed by atoms with Crippen LogP contribution >= 0.6 is 11.8 Å². The van der Waals surface area contributed by atoms with E-state index in [-0.39, 0.29) is 10.7 Å². The summed E-state index contributed by atoms with van der Waals surface area (Å²) in [6.45, 7) is 8.56. The van der Waals surface area contributed by atoms with Crippen molar-refractivity contribution in [2.45, 2.75) is 38.0 Å². The van der Waals surface area contributed by atoms with Gasteiger partial charge < -0.3 is 4.90 Å². The van der Waals surface area contributed by atoms with Crippen molar-refractivity contribution in [2.75, 3.05) is 14.1 Å². The summed E-state index contributed by atoms with van der Waals surface area (Å²) in [6, 6.07) is 6.32. The highest BCUT2D eigenvalue weighted by Gasteiger charge is 2.20. The van der Waals surface area contributed by atoms with E-state index in [0.717, 1.165) is 4.90 Å². The summed E-state index contributed by atoms with van der Waals surface area (Å²) in [4.78, 5) is 14.5. The van der Waals surface area contributed by atoms with Crippen molar-refractivity contribution in [1.82, 2.24) is 4.90 Å². The van der Waals surface area contributed by atoms with E-state index in [2.05, 4.69) is 45.9 Å². The van der Waals surface area contributed by atoms with E-state index in [1.54, 1.807) is 19.0 Å². The molecule has 2 nitrogen and oxygen atoms in total. The molecule has 0 bridgehead atoms.